The van der Waals surface area contributed by atoms with Gasteiger partial charge >= 0.3 is 0 Å². The summed E-state index contributed by atoms with van der Waals surface area (Å²) < 4.78 is 0. The Balaban J connectivity index is 5.24. The Bertz CT molecular complexity index is 530. The molecular weight excluding hydrogens is 370 g/mol. The number of carbonyl (C=O) groups is 3. The van der Waals surface area contributed by atoms with Gasteiger partial charge in [-0.3, -0.25) is 14.4 Å². The van der Waals surface area contributed by atoms with Gasteiger partial charge in [0.1, 0.15) is 12.1 Å². The van der Waals surface area contributed by atoms with E-state index in [1.807, 2.05) is 55.4 Å². The lowest BCUT2D eigenvalue weighted by Crippen LogP contribution is -2.58. The lowest BCUT2D eigenvalue weighted by Gasteiger charge is -2.30. The van der Waals surface area contributed by atoms with Crippen molar-refractivity contribution in [3.8, 4) is 0 Å². The SMILES string of the molecule is CC(C)CC(=O)N[C@H](C(=O)N[C@H](C(=O)N[C@@H](CC(C)C)[C@H](C)O)C(C)C)C(C)C. The molecule has 7 heteroatoms. The summed E-state index contributed by atoms with van der Waals surface area (Å²) in [6.45, 7) is 17.0. The monoisotopic (exact) mass is 413 g/mol. The van der Waals surface area contributed by atoms with Crippen LogP contribution in [0.4, 0.5) is 0 Å². The maximum atomic E-state index is 12.9. The molecule has 0 fully saturated rings. The van der Waals surface area contributed by atoms with Crippen LogP contribution in [0, 0.1) is 23.7 Å². The first-order chi connectivity index (χ1) is 13.3. The molecule has 0 rings (SSSR count). The molecule has 0 aromatic heterocycles. The number of rotatable bonds is 12. The second kappa shape index (κ2) is 12.8. The van der Waals surface area contributed by atoms with E-state index in [1.54, 1.807) is 6.92 Å². The second-order valence-electron chi connectivity index (χ2n) is 9.60. The lowest BCUT2D eigenvalue weighted by molar-refractivity contribution is -0.134. The van der Waals surface area contributed by atoms with Crippen LogP contribution in [0.1, 0.15) is 75.2 Å². The normalized spacial score (nSPS) is 15.9. The van der Waals surface area contributed by atoms with Gasteiger partial charge in [0.15, 0.2) is 0 Å². The summed E-state index contributed by atoms with van der Waals surface area (Å²) in [5.41, 5.74) is 0. The fraction of sp³-hybridized carbons (Fsp3) is 0.864. The molecule has 0 aliphatic rings. The molecule has 170 valence electrons. The number of carbonyl (C=O) groups excluding carboxylic acids is 3. The van der Waals surface area contributed by atoms with Crippen molar-refractivity contribution in [2.75, 3.05) is 0 Å². The quantitative estimate of drug-likeness (QED) is 0.393. The van der Waals surface area contributed by atoms with E-state index in [4.69, 9.17) is 0 Å². The molecule has 0 bridgehead atoms. The van der Waals surface area contributed by atoms with Crippen molar-refractivity contribution in [2.24, 2.45) is 23.7 Å². The molecule has 0 radical (unpaired) electrons. The van der Waals surface area contributed by atoms with Crippen LogP contribution in [-0.4, -0.2) is 47.1 Å². The molecule has 0 unspecified atom stereocenters. The summed E-state index contributed by atoms with van der Waals surface area (Å²) in [7, 11) is 0. The summed E-state index contributed by atoms with van der Waals surface area (Å²) in [6.07, 6.45) is 0.293. The van der Waals surface area contributed by atoms with Crippen LogP contribution < -0.4 is 16.0 Å². The highest BCUT2D eigenvalue weighted by atomic mass is 16.3. The second-order valence-corrected chi connectivity index (χ2v) is 9.60. The van der Waals surface area contributed by atoms with Gasteiger partial charge in [-0.25, -0.2) is 0 Å². The summed E-state index contributed by atoms with van der Waals surface area (Å²) in [5, 5.41) is 18.5. The Morgan fingerprint density at radius 3 is 1.52 bits per heavy atom. The molecule has 0 saturated carbocycles. The van der Waals surface area contributed by atoms with Gasteiger partial charge in [0, 0.05) is 6.42 Å². The maximum absolute atomic E-state index is 12.9. The molecular formula is C22H43N3O4. The molecule has 0 aliphatic carbocycles. The number of nitrogens with one attached hydrogen (secondary N) is 3. The van der Waals surface area contributed by atoms with Crippen LogP contribution in [0.5, 0.6) is 0 Å². The fourth-order valence-electron chi connectivity index (χ4n) is 3.07. The average molecular weight is 414 g/mol. The molecule has 4 N–H and O–H groups in total. The highest BCUT2D eigenvalue weighted by molar-refractivity contribution is 5.92. The summed E-state index contributed by atoms with van der Waals surface area (Å²) in [4.78, 5) is 37.9. The molecule has 0 spiro atoms. The first-order valence-electron chi connectivity index (χ1n) is 10.8. The van der Waals surface area contributed by atoms with Crippen molar-refractivity contribution < 1.29 is 19.5 Å². The highest BCUT2D eigenvalue weighted by Gasteiger charge is 2.32. The summed E-state index contributed by atoms with van der Waals surface area (Å²) >= 11 is 0. The third kappa shape index (κ3) is 10.6. The molecule has 4 atom stereocenters. The smallest absolute Gasteiger partial charge is 0.243 e. The highest BCUT2D eigenvalue weighted by Crippen LogP contribution is 2.11. The molecule has 0 aliphatic heterocycles. The van der Waals surface area contributed by atoms with E-state index in [0.717, 1.165) is 0 Å². The first-order valence-corrected chi connectivity index (χ1v) is 10.8. The molecule has 0 aromatic carbocycles. The number of hydrogen-bond acceptors (Lipinski definition) is 4. The van der Waals surface area contributed by atoms with E-state index in [0.29, 0.717) is 18.8 Å². The number of aliphatic hydroxyl groups excluding tert-OH is 1. The molecule has 7 nitrogen and oxygen atoms in total. The van der Waals surface area contributed by atoms with Gasteiger partial charge in [0.2, 0.25) is 17.7 Å². The third-order valence-corrected chi connectivity index (χ3v) is 4.74. The van der Waals surface area contributed by atoms with Gasteiger partial charge in [-0.05, 0) is 37.0 Å². The van der Waals surface area contributed by atoms with E-state index in [2.05, 4.69) is 16.0 Å². The molecule has 3 amide bonds. The number of amides is 3. The Kier molecular flexibility index (Phi) is 12.1. The van der Waals surface area contributed by atoms with Gasteiger partial charge < -0.3 is 21.1 Å². The molecule has 29 heavy (non-hydrogen) atoms. The van der Waals surface area contributed by atoms with Gasteiger partial charge in [-0.2, -0.15) is 0 Å². The number of aliphatic hydroxyl groups is 1. The van der Waals surface area contributed by atoms with Crippen molar-refractivity contribution in [3.05, 3.63) is 0 Å². The van der Waals surface area contributed by atoms with Crippen LogP contribution in [-0.2, 0) is 14.4 Å². The van der Waals surface area contributed by atoms with Crippen LogP contribution in [0.2, 0.25) is 0 Å². The van der Waals surface area contributed by atoms with Crippen molar-refractivity contribution >= 4 is 17.7 Å². The van der Waals surface area contributed by atoms with Crippen LogP contribution in [0.3, 0.4) is 0 Å². The van der Waals surface area contributed by atoms with Crippen LogP contribution in [0.25, 0.3) is 0 Å². The standard InChI is InChI=1S/C22H43N3O4/c1-12(2)10-17(16(9)26)23-21(28)20(15(7)8)25-22(29)19(14(5)6)24-18(27)11-13(3)4/h12-17,19-20,26H,10-11H2,1-9H3,(H,23,28)(H,24,27)(H,25,29)/t16-,17-,19-,20-/m0/s1. The van der Waals surface area contributed by atoms with Crippen LogP contribution >= 0.6 is 0 Å². The first kappa shape index (κ1) is 27.4. The minimum Gasteiger partial charge on any atom is -0.391 e. The third-order valence-electron chi connectivity index (χ3n) is 4.74. The zero-order valence-electron chi connectivity index (χ0n) is 19.7. The Labute approximate surface area is 176 Å². The average Bonchev–Trinajstić information content (AvgIpc) is 2.54. The minimum atomic E-state index is -0.751. The van der Waals surface area contributed by atoms with Crippen molar-refractivity contribution in [3.63, 3.8) is 0 Å². The lowest BCUT2D eigenvalue weighted by atomic mass is 9.97. The molecule has 0 saturated heterocycles. The summed E-state index contributed by atoms with van der Waals surface area (Å²) in [5.74, 6) is -0.633. The van der Waals surface area contributed by atoms with Gasteiger partial charge in [0.25, 0.3) is 0 Å². The van der Waals surface area contributed by atoms with Gasteiger partial charge in [-0.15, -0.1) is 0 Å². The Morgan fingerprint density at radius 1 is 0.690 bits per heavy atom. The van der Waals surface area contributed by atoms with Gasteiger partial charge in [-0.1, -0.05) is 55.4 Å². The molecule has 0 heterocycles. The van der Waals surface area contributed by atoms with E-state index in [-0.39, 0.29) is 41.5 Å². The van der Waals surface area contributed by atoms with Crippen molar-refractivity contribution in [1.29, 1.82) is 0 Å². The largest absolute Gasteiger partial charge is 0.391 e. The predicted octanol–water partition coefficient (Wildman–Crippen LogP) is 2.23. The zero-order chi connectivity index (χ0) is 22.9. The topological polar surface area (TPSA) is 108 Å². The number of hydrogen-bond donors (Lipinski definition) is 4. The Morgan fingerprint density at radius 2 is 1.14 bits per heavy atom. The van der Waals surface area contributed by atoms with Crippen LogP contribution in [0.15, 0.2) is 0 Å². The van der Waals surface area contributed by atoms with Crippen molar-refractivity contribution in [2.45, 2.75) is 99.4 Å². The van der Waals surface area contributed by atoms with E-state index >= 15 is 0 Å². The minimum absolute atomic E-state index is 0.117. The predicted molar refractivity (Wildman–Crippen MR) is 116 cm³/mol. The van der Waals surface area contributed by atoms with E-state index in [1.165, 1.54) is 0 Å². The Hall–Kier alpha value is -1.63. The maximum Gasteiger partial charge on any atom is 0.243 e. The molecule has 0 aromatic rings. The van der Waals surface area contributed by atoms with E-state index < -0.39 is 18.2 Å². The van der Waals surface area contributed by atoms with E-state index in [9.17, 15) is 19.5 Å². The summed E-state index contributed by atoms with van der Waals surface area (Å²) in [6, 6.07) is -1.84. The van der Waals surface area contributed by atoms with Crippen molar-refractivity contribution in [1.82, 2.24) is 16.0 Å². The zero-order valence-corrected chi connectivity index (χ0v) is 19.7. The fourth-order valence-corrected chi connectivity index (χ4v) is 3.07. The van der Waals surface area contributed by atoms with Gasteiger partial charge in [0.05, 0.1) is 12.1 Å².